The number of carbonyl (C=O) groups excluding carboxylic acids is 1. The summed E-state index contributed by atoms with van der Waals surface area (Å²) >= 11 is 0. The first-order valence-corrected chi connectivity index (χ1v) is 6.56. The number of rotatable bonds is 4. The second-order valence-corrected chi connectivity index (χ2v) is 4.72. The normalized spacial score (nSPS) is 10.8. The maximum absolute atomic E-state index is 13.3. The highest BCUT2D eigenvalue weighted by atomic mass is 19.1. The number of esters is 1. The molecule has 0 bridgehead atoms. The van der Waals surface area contributed by atoms with Crippen LogP contribution in [-0.2, 0) is 4.74 Å². The van der Waals surface area contributed by atoms with Gasteiger partial charge in [0.15, 0.2) is 5.69 Å². The third-order valence-electron chi connectivity index (χ3n) is 2.86. The summed E-state index contributed by atoms with van der Waals surface area (Å²) in [6, 6.07) is 7.65. The summed E-state index contributed by atoms with van der Waals surface area (Å²) in [5, 5.41) is 4.37. The fraction of sp³-hybridized carbons (Fsp3) is 0.333. The van der Waals surface area contributed by atoms with Gasteiger partial charge >= 0.3 is 5.97 Å². The molecule has 5 heteroatoms. The zero-order valence-corrected chi connectivity index (χ0v) is 11.8. The van der Waals surface area contributed by atoms with Crippen molar-refractivity contribution >= 4 is 5.97 Å². The van der Waals surface area contributed by atoms with E-state index in [0.29, 0.717) is 11.4 Å². The monoisotopic (exact) mass is 276 g/mol. The number of ether oxygens (including phenoxy) is 1. The molecule has 0 aliphatic heterocycles. The molecule has 0 radical (unpaired) electrons. The highest BCUT2D eigenvalue weighted by molar-refractivity contribution is 5.88. The highest BCUT2D eigenvalue weighted by Gasteiger charge is 2.19. The molecule has 0 spiro atoms. The summed E-state index contributed by atoms with van der Waals surface area (Å²) in [7, 11) is 0. The molecule has 4 nitrogen and oxygen atoms in total. The quantitative estimate of drug-likeness (QED) is 0.805. The van der Waals surface area contributed by atoms with E-state index in [1.807, 2.05) is 13.8 Å². The van der Waals surface area contributed by atoms with Crippen molar-refractivity contribution in [3.05, 3.63) is 47.5 Å². The molecule has 20 heavy (non-hydrogen) atoms. The molecule has 0 aliphatic carbocycles. The SMILES string of the molecule is CCOC(=O)c1cc(C(C)C)nn1-c1cccc(F)c1. The summed E-state index contributed by atoms with van der Waals surface area (Å²) < 4.78 is 19.8. The van der Waals surface area contributed by atoms with Crippen molar-refractivity contribution in [3.63, 3.8) is 0 Å². The Morgan fingerprint density at radius 2 is 2.15 bits per heavy atom. The number of aromatic nitrogens is 2. The van der Waals surface area contributed by atoms with Crippen molar-refractivity contribution in [1.29, 1.82) is 0 Å². The van der Waals surface area contributed by atoms with Gasteiger partial charge in [0.1, 0.15) is 5.82 Å². The average Bonchev–Trinajstić information content (AvgIpc) is 2.84. The van der Waals surface area contributed by atoms with Crippen molar-refractivity contribution in [1.82, 2.24) is 9.78 Å². The molecule has 1 aromatic carbocycles. The number of halogens is 1. The number of hydrogen-bond acceptors (Lipinski definition) is 3. The predicted molar refractivity (Wildman–Crippen MR) is 73.6 cm³/mol. The first-order chi connectivity index (χ1) is 9.52. The Labute approximate surface area is 117 Å². The van der Waals surface area contributed by atoms with Crippen LogP contribution in [0.15, 0.2) is 30.3 Å². The highest BCUT2D eigenvalue weighted by Crippen LogP contribution is 2.19. The van der Waals surface area contributed by atoms with E-state index in [4.69, 9.17) is 4.74 Å². The Morgan fingerprint density at radius 3 is 2.75 bits per heavy atom. The van der Waals surface area contributed by atoms with Crippen LogP contribution < -0.4 is 0 Å². The zero-order valence-electron chi connectivity index (χ0n) is 11.8. The molecule has 0 unspecified atom stereocenters. The van der Waals surface area contributed by atoms with Gasteiger partial charge in [-0.2, -0.15) is 5.10 Å². The molecule has 0 atom stereocenters. The van der Waals surface area contributed by atoms with Gasteiger partial charge in [-0.15, -0.1) is 0 Å². The average molecular weight is 276 g/mol. The summed E-state index contributed by atoms with van der Waals surface area (Å²) in [5.41, 5.74) is 1.57. The molecule has 0 N–H and O–H groups in total. The first-order valence-electron chi connectivity index (χ1n) is 6.56. The van der Waals surface area contributed by atoms with Crippen molar-refractivity contribution < 1.29 is 13.9 Å². The van der Waals surface area contributed by atoms with Gasteiger partial charge in [0, 0.05) is 0 Å². The molecule has 0 saturated carbocycles. The van der Waals surface area contributed by atoms with E-state index in [-0.39, 0.29) is 18.3 Å². The summed E-state index contributed by atoms with van der Waals surface area (Å²) in [5.74, 6) is -0.673. The smallest absolute Gasteiger partial charge is 0.357 e. The van der Waals surface area contributed by atoms with Gasteiger partial charge in [0.25, 0.3) is 0 Å². The minimum atomic E-state index is -0.462. The molecule has 2 rings (SSSR count). The van der Waals surface area contributed by atoms with Crippen LogP contribution >= 0.6 is 0 Å². The molecular formula is C15H17FN2O2. The van der Waals surface area contributed by atoms with Gasteiger partial charge < -0.3 is 4.74 Å². The largest absolute Gasteiger partial charge is 0.461 e. The first kappa shape index (κ1) is 14.2. The van der Waals surface area contributed by atoms with Crippen LogP contribution in [0.5, 0.6) is 0 Å². The molecule has 0 fully saturated rings. The minimum Gasteiger partial charge on any atom is -0.461 e. The van der Waals surface area contributed by atoms with E-state index in [1.54, 1.807) is 25.1 Å². The van der Waals surface area contributed by atoms with Gasteiger partial charge in [-0.25, -0.2) is 13.9 Å². The Balaban J connectivity index is 2.52. The lowest BCUT2D eigenvalue weighted by Crippen LogP contribution is -2.12. The van der Waals surface area contributed by atoms with E-state index in [9.17, 15) is 9.18 Å². The Hall–Kier alpha value is -2.17. The molecular weight excluding hydrogens is 259 g/mol. The van der Waals surface area contributed by atoms with E-state index < -0.39 is 5.97 Å². The number of carbonyl (C=O) groups is 1. The van der Waals surface area contributed by atoms with Gasteiger partial charge in [-0.05, 0) is 37.1 Å². The van der Waals surface area contributed by atoms with Crippen LogP contribution in [0.1, 0.15) is 42.9 Å². The lowest BCUT2D eigenvalue weighted by molar-refractivity contribution is 0.0515. The summed E-state index contributed by atoms with van der Waals surface area (Å²) in [4.78, 5) is 12.0. The Bertz CT molecular complexity index is 620. The zero-order chi connectivity index (χ0) is 14.7. The van der Waals surface area contributed by atoms with E-state index in [0.717, 1.165) is 5.69 Å². The van der Waals surface area contributed by atoms with Crippen molar-refractivity contribution in [2.75, 3.05) is 6.61 Å². The van der Waals surface area contributed by atoms with E-state index in [1.165, 1.54) is 16.8 Å². The lowest BCUT2D eigenvalue weighted by atomic mass is 10.1. The predicted octanol–water partition coefficient (Wildman–Crippen LogP) is 3.31. The molecule has 1 aromatic heterocycles. The van der Waals surface area contributed by atoms with Crippen LogP contribution in [0.25, 0.3) is 5.69 Å². The standard InChI is InChI=1S/C15H17FN2O2/c1-4-20-15(19)14-9-13(10(2)3)17-18(14)12-7-5-6-11(16)8-12/h5-10H,4H2,1-3H3. The van der Waals surface area contributed by atoms with Crippen LogP contribution in [0, 0.1) is 5.82 Å². The van der Waals surface area contributed by atoms with Crippen molar-refractivity contribution in [2.24, 2.45) is 0 Å². The molecule has 1 heterocycles. The number of hydrogen-bond donors (Lipinski definition) is 0. The number of nitrogens with zero attached hydrogens (tertiary/aromatic N) is 2. The molecule has 0 amide bonds. The third-order valence-corrected chi connectivity index (χ3v) is 2.86. The number of benzene rings is 1. The topological polar surface area (TPSA) is 44.1 Å². The molecule has 0 aliphatic rings. The molecule has 106 valence electrons. The van der Waals surface area contributed by atoms with Crippen molar-refractivity contribution in [3.8, 4) is 5.69 Å². The molecule has 2 aromatic rings. The lowest BCUT2D eigenvalue weighted by Gasteiger charge is -2.06. The van der Waals surface area contributed by atoms with Gasteiger partial charge in [-0.1, -0.05) is 19.9 Å². The second-order valence-electron chi connectivity index (χ2n) is 4.72. The van der Waals surface area contributed by atoms with E-state index >= 15 is 0 Å². The van der Waals surface area contributed by atoms with Crippen LogP contribution in [0.4, 0.5) is 4.39 Å². The van der Waals surface area contributed by atoms with Crippen LogP contribution in [-0.4, -0.2) is 22.4 Å². The fourth-order valence-electron chi connectivity index (χ4n) is 1.84. The van der Waals surface area contributed by atoms with Crippen molar-refractivity contribution in [2.45, 2.75) is 26.7 Å². The van der Waals surface area contributed by atoms with E-state index in [2.05, 4.69) is 5.10 Å². The fourth-order valence-corrected chi connectivity index (χ4v) is 1.84. The third kappa shape index (κ3) is 2.87. The minimum absolute atomic E-state index is 0.165. The van der Waals surface area contributed by atoms with Crippen LogP contribution in [0.2, 0.25) is 0 Å². The van der Waals surface area contributed by atoms with Gasteiger partial charge in [0.2, 0.25) is 0 Å². The summed E-state index contributed by atoms with van der Waals surface area (Å²) in [6.07, 6.45) is 0. The molecule has 0 saturated heterocycles. The van der Waals surface area contributed by atoms with Crippen LogP contribution in [0.3, 0.4) is 0 Å². The maximum Gasteiger partial charge on any atom is 0.357 e. The summed E-state index contributed by atoms with van der Waals surface area (Å²) in [6.45, 7) is 5.98. The Morgan fingerprint density at radius 1 is 1.40 bits per heavy atom. The maximum atomic E-state index is 13.3. The second kappa shape index (κ2) is 5.86. The van der Waals surface area contributed by atoms with Gasteiger partial charge in [-0.3, -0.25) is 0 Å². The van der Waals surface area contributed by atoms with Gasteiger partial charge in [0.05, 0.1) is 18.0 Å². The Kier molecular flexibility index (Phi) is 4.17.